The Morgan fingerprint density at radius 2 is 2.14 bits per heavy atom. The van der Waals surface area contributed by atoms with E-state index < -0.39 is 0 Å². The molecule has 0 spiro atoms. The molecule has 0 aliphatic heterocycles. The second kappa shape index (κ2) is 4.43. The normalized spacial score (nSPS) is 40.4. The second-order valence-corrected chi connectivity index (χ2v) is 4.73. The van der Waals surface area contributed by atoms with E-state index in [1.54, 1.807) is 0 Å². The zero-order chi connectivity index (χ0) is 9.97. The molecule has 0 radical (unpaired) electrons. The van der Waals surface area contributed by atoms with Crippen molar-refractivity contribution >= 4 is 6.29 Å². The molecule has 2 heteroatoms. The molecule has 0 saturated heterocycles. The van der Waals surface area contributed by atoms with E-state index in [-0.39, 0.29) is 0 Å². The molecule has 0 aromatic heterocycles. The summed E-state index contributed by atoms with van der Waals surface area (Å²) in [6.07, 6.45) is 7.39. The molecule has 0 heterocycles. The van der Waals surface area contributed by atoms with Crippen molar-refractivity contribution in [1.29, 1.82) is 0 Å². The number of aldehydes is 1. The fourth-order valence-electron chi connectivity index (χ4n) is 3.40. The molecule has 4 unspecified atom stereocenters. The number of fused-ring (bicyclic) bond motifs is 2. The lowest BCUT2D eigenvalue weighted by atomic mass is 9.84. The zero-order valence-corrected chi connectivity index (χ0v) is 8.95. The predicted octanol–water partition coefficient (Wildman–Crippen LogP) is 2.42. The molecule has 2 fully saturated rings. The van der Waals surface area contributed by atoms with E-state index in [2.05, 4.69) is 6.92 Å². The Bertz CT molecular complexity index is 202. The maximum atomic E-state index is 10.3. The Labute approximate surface area is 86.0 Å². The molecule has 4 atom stereocenters. The van der Waals surface area contributed by atoms with E-state index in [4.69, 9.17) is 4.74 Å². The van der Waals surface area contributed by atoms with E-state index >= 15 is 0 Å². The van der Waals surface area contributed by atoms with Crippen molar-refractivity contribution in [3.05, 3.63) is 0 Å². The first-order valence-corrected chi connectivity index (χ1v) is 5.90. The number of carbonyl (C=O) groups excluding carboxylic acids is 1. The highest BCUT2D eigenvalue weighted by atomic mass is 16.5. The lowest BCUT2D eigenvalue weighted by Crippen LogP contribution is -2.24. The summed E-state index contributed by atoms with van der Waals surface area (Å²) in [5, 5.41) is 0. The van der Waals surface area contributed by atoms with Crippen molar-refractivity contribution in [3.8, 4) is 0 Å². The van der Waals surface area contributed by atoms with Crippen LogP contribution < -0.4 is 0 Å². The molecular weight excluding hydrogens is 176 g/mol. The summed E-state index contributed by atoms with van der Waals surface area (Å²) in [6.45, 7) is 2.93. The van der Waals surface area contributed by atoms with Crippen molar-refractivity contribution in [2.45, 2.75) is 45.1 Å². The fraction of sp³-hybridized carbons (Fsp3) is 0.917. The van der Waals surface area contributed by atoms with Crippen LogP contribution >= 0.6 is 0 Å². The van der Waals surface area contributed by atoms with Crippen LogP contribution in [0.25, 0.3) is 0 Å². The van der Waals surface area contributed by atoms with Gasteiger partial charge in [-0.1, -0.05) is 0 Å². The SMILES string of the molecule is CCOC1CC2CC1CC2CCC=O. The highest BCUT2D eigenvalue weighted by molar-refractivity contribution is 5.49. The molecule has 0 amide bonds. The van der Waals surface area contributed by atoms with Gasteiger partial charge in [0.2, 0.25) is 0 Å². The minimum absolute atomic E-state index is 0.539. The Kier molecular flexibility index (Phi) is 3.22. The molecule has 2 saturated carbocycles. The lowest BCUT2D eigenvalue weighted by molar-refractivity contribution is -0.108. The number of carbonyl (C=O) groups is 1. The Morgan fingerprint density at radius 3 is 2.71 bits per heavy atom. The molecule has 0 aromatic carbocycles. The topological polar surface area (TPSA) is 26.3 Å². The van der Waals surface area contributed by atoms with E-state index in [1.165, 1.54) is 19.3 Å². The zero-order valence-electron chi connectivity index (χ0n) is 8.95. The van der Waals surface area contributed by atoms with Gasteiger partial charge in [0.05, 0.1) is 6.10 Å². The lowest BCUT2D eigenvalue weighted by Gasteiger charge is -2.27. The van der Waals surface area contributed by atoms with Crippen LogP contribution in [0.15, 0.2) is 0 Å². The average Bonchev–Trinajstić information content (AvgIpc) is 2.74. The van der Waals surface area contributed by atoms with Crippen LogP contribution in [0.5, 0.6) is 0 Å². The highest BCUT2D eigenvalue weighted by Gasteiger charge is 2.45. The molecule has 0 N–H and O–H groups in total. The molecule has 2 aliphatic carbocycles. The summed E-state index contributed by atoms with van der Waals surface area (Å²) >= 11 is 0. The van der Waals surface area contributed by atoms with Crippen molar-refractivity contribution in [3.63, 3.8) is 0 Å². The Hall–Kier alpha value is -0.370. The standard InChI is InChI=1S/C12H20O2/c1-2-14-12-8-10-7-11(12)6-9(10)4-3-5-13/h5,9-12H,2-4,6-8H2,1H3. The summed E-state index contributed by atoms with van der Waals surface area (Å²) in [4.78, 5) is 10.3. The van der Waals surface area contributed by atoms with Gasteiger partial charge < -0.3 is 9.53 Å². The summed E-state index contributed by atoms with van der Waals surface area (Å²) in [7, 11) is 0. The van der Waals surface area contributed by atoms with Gasteiger partial charge in [-0.15, -0.1) is 0 Å². The molecule has 14 heavy (non-hydrogen) atoms. The van der Waals surface area contributed by atoms with Gasteiger partial charge in [-0.05, 0) is 50.4 Å². The third-order valence-corrected chi connectivity index (χ3v) is 3.97. The van der Waals surface area contributed by atoms with Crippen molar-refractivity contribution in [1.82, 2.24) is 0 Å². The second-order valence-electron chi connectivity index (χ2n) is 4.73. The van der Waals surface area contributed by atoms with Crippen LogP contribution in [-0.2, 0) is 9.53 Å². The maximum Gasteiger partial charge on any atom is 0.120 e. The largest absolute Gasteiger partial charge is 0.378 e. The van der Waals surface area contributed by atoms with E-state index in [0.29, 0.717) is 6.10 Å². The average molecular weight is 196 g/mol. The van der Waals surface area contributed by atoms with Gasteiger partial charge in [0.1, 0.15) is 6.29 Å². The van der Waals surface area contributed by atoms with Crippen LogP contribution in [0.3, 0.4) is 0 Å². The van der Waals surface area contributed by atoms with Crippen molar-refractivity contribution in [2.24, 2.45) is 17.8 Å². The number of ether oxygens (including phenoxy) is 1. The molecular formula is C12H20O2. The number of hydrogen-bond donors (Lipinski definition) is 0. The summed E-state index contributed by atoms with van der Waals surface area (Å²) in [5.41, 5.74) is 0. The van der Waals surface area contributed by atoms with Crippen LogP contribution in [-0.4, -0.2) is 19.0 Å². The summed E-state index contributed by atoms with van der Waals surface area (Å²) in [5.74, 6) is 2.48. The smallest absolute Gasteiger partial charge is 0.120 e. The van der Waals surface area contributed by atoms with Gasteiger partial charge in [0.25, 0.3) is 0 Å². The monoisotopic (exact) mass is 196 g/mol. The van der Waals surface area contributed by atoms with E-state index in [1.807, 2.05) is 0 Å². The minimum Gasteiger partial charge on any atom is -0.378 e. The predicted molar refractivity (Wildman–Crippen MR) is 55.0 cm³/mol. The Morgan fingerprint density at radius 1 is 1.29 bits per heavy atom. The maximum absolute atomic E-state index is 10.3. The summed E-state index contributed by atoms with van der Waals surface area (Å²) in [6, 6.07) is 0. The third kappa shape index (κ3) is 1.85. The van der Waals surface area contributed by atoms with Crippen molar-refractivity contribution in [2.75, 3.05) is 6.61 Å². The van der Waals surface area contributed by atoms with Gasteiger partial charge in [-0.25, -0.2) is 0 Å². The van der Waals surface area contributed by atoms with Crippen LogP contribution in [0.1, 0.15) is 39.0 Å². The van der Waals surface area contributed by atoms with Crippen molar-refractivity contribution < 1.29 is 9.53 Å². The summed E-state index contributed by atoms with van der Waals surface area (Å²) < 4.78 is 5.72. The molecule has 2 nitrogen and oxygen atoms in total. The van der Waals surface area contributed by atoms with Gasteiger partial charge in [-0.3, -0.25) is 0 Å². The highest BCUT2D eigenvalue weighted by Crippen LogP contribution is 2.50. The first kappa shape index (κ1) is 10.2. The van der Waals surface area contributed by atoms with Gasteiger partial charge >= 0.3 is 0 Å². The third-order valence-electron chi connectivity index (χ3n) is 3.97. The molecule has 80 valence electrons. The first-order valence-electron chi connectivity index (χ1n) is 5.90. The van der Waals surface area contributed by atoms with E-state index in [9.17, 15) is 4.79 Å². The quantitative estimate of drug-likeness (QED) is 0.631. The van der Waals surface area contributed by atoms with E-state index in [0.717, 1.165) is 43.5 Å². The minimum atomic E-state index is 0.539. The first-order chi connectivity index (χ1) is 6.85. The van der Waals surface area contributed by atoms with Gasteiger partial charge in [0.15, 0.2) is 0 Å². The molecule has 0 aromatic rings. The Balaban J connectivity index is 1.80. The number of hydrogen-bond acceptors (Lipinski definition) is 2. The van der Waals surface area contributed by atoms with Crippen LogP contribution in [0.2, 0.25) is 0 Å². The van der Waals surface area contributed by atoms with Crippen LogP contribution in [0.4, 0.5) is 0 Å². The molecule has 2 bridgehead atoms. The molecule has 2 rings (SSSR count). The molecule has 2 aliphatic rings. The fourth-order valence-corrected chi connectivity index (χ4v) is 3.40. The van der Waals surface area contributed by atoms with Crippen LogP contribution in [0, 0.1) is 17.8 Å². The number of rotatable bonds is 5. The van der Waals surface area contributed by atoms with Gasteiger partial charge in [-0.2, -0.15) is 0 Å². The van der Waals surface area contributed by atoms with Gasteiger partial charge in [0, 0.05) is 13.0 Å².